The normalized spacial score (nSPS) is 11.5. The minimum Gasteiger partial charge on any atom is -0.495 e. The van der Waals surface area contributed by atoms with Crippen molar-refractivity contribution in [2.75, 3.05) is 39.1 Å². The van der Waals surface area contributed by atoms with Crippen LogP contribution in [-0.4, -0.2) is 50.5 Å². The monoisotopic (exact) mass is 339 g/mol. The van der Waals surface area contributed by atoms with Crippen molar-refractivity contribution in [1.82, 2.24) is 5.32 Å². The number of carbonyl (C=O) groups excluding carboxylic acids is 2. The molecule has 0 bridgehead atoms. The second-order valence-corrected chi connectivity index (χ2v) is 5.35. The van der Waals surface area contributed by atoms with Gasteiger partial charge in [-0.3, -0.25) is 19.7 Å². The van der Waals surface area contributed by atoms with E-state index in [1.54, 1.807) is 7.05 Å². The van der Waals surface area contributed by atoms with Crippen LogP contribution in [0.5, 0.6) is 5.75 Å². The molecule has 1 aromatic carbocycles. The molecule has 0 aliphatic heterocycles. The minimum atomic E-state index is -0.551. The van der Waals surface area contributed by atoms with Gasteiger partial charge in [0.05, 0.1) is 24.8 Å². The van der Waals surface area contributed by atoms with Crippen molar-refractivity contribution >= 4 is 23.2 Å². The first-order valence-electron chi connectivity index (χ1n) is 7.57. The molecule has 0 saturated heterocycles. The molecule has 0 aliphatic carbocycles. The van der Waals surface area contributed by atoms with Gasteiger partial charge >= 0.3 is 0 Å². The van der Waals surface area contributed by atoms with Crippen molar-refractivity contribution in [2.24, 2.45) is 0 Å². The van der Waals surface area contributed by atoms with Crippen molar-refractivity contribution in [3.8, 4) is 5.75 Å². The van der Waals surface area contributed by atoms with Crippen molar-refractivity contribution in [2.45, 2.75) is 13.3 Å². The third-order valence-corrected chi connectivity index (χ3v) is 3.16. The Morgan fingerprint density at radius 1 is 1.29 bits per heavy atom. The Morgan fingerprint density at radius 3 is 2.54 bits per heavy atom. The lowest BCUT2D eigenvalue weighted by molar-refractivity contribution is -0.862. The van der Waals surface area contributed by atoms with Crippen molar-refractivity contribution < 1.29 is 24.1 Å². The number of anilines is 1. The molecule has 2 amide bonds. The number of rotatable bonds is 9. The second-order valence-electron chi connectivity index (χ2n) is 5.35. The number of ether oxygens (including phenoxy) is 1. The molecule has 0 aliphatic rings. The summed E-state index contributed by atoms with van der Waals surface area (Å²) in [6.45, 7) is 2.77. The van der Waals surface area contributed by atoms with Crippen molar-refractivity contribution in [3.63, 3.8) is 0 Å². The van der Waals surface area contributed by atoms with Gasteiger partial charge in [-0.1, -0.05) is 6.92 Å². The first-order chi connectivity index (χ1) is 11.4. The zero-order valence-corrected chi connectivity index (χ0v) is 14.0. The number of nitro groups is 1. The van der Waals surface area contributed by atoms with Crippen LogP contribution < -0.4 is 20.3 Å². The fourth-order valence-electron chi connectivity index (χ4n) is 2.04. The van der Waals surface area contributed by atoms with Crippen LogP contribution in [0.2, 0.25) is 0 Å². The quantitative estimate of drug-likeness (QED) is 0.418. The summed E-state index contributed by atoms with van der Waals surface area (Å²) in [6.07, 6.45) is 0.845. The number of methoxy groups -OCH3 is 1. The lowest BCUT2D eigenvalue weighted by Gasteiger charge is -2.14. The first kappa shape index (κ1) is 19.4. The number of hydrogen-bond acceptors (Lipinski definition) is 5. The Kier molecular flexibility index (Phi) is 7.63. The van der Waals surface area contributed by atoms with Gasteiger partial charge in [-0.15, -0.1) is 0 Å². The number of quaternary nitrogens is 1. The number of nitro benzene ring substituents is 1. The summed E-state index contributed by atoms with van der Waals surface area (Å²) in [5.74, 6) is -0.169. The van der Waals surface area contributed by atoms with Gasteiger partial charge in [0.2, 0.25) is 0 Å². The number of carbonyl (C=O) groups is 2. The number of non-ortho nitro benzene ring substituents is 1. The molecule has 24 heavy (non-hydrogen) atoms. The molecule has 0 fully saturated rings. The van der Waals surface area contributed by atoms with Gasteiger partial charge in [0, 0.05) is 18.7 Å². The summed E-state index contributed by atoms with van der Waals surface area (Å²) in [5, 5.41) is 16.1. The zero-order valence-electron chi connectivity index (χ0n) is 14.0. The Hall–Kier alpha value is -2.68. The van der Waals surface area contributed by atoms with E-state index in [1.165, 1.54) is 25.3 Å². The fourth-order valence-corrected chi connectivity index (χ4v) is 2.04. The van der Waals surface area contributed by atoms with E-state index < -0.39 is 4.92 Å². The van der Waals surface area contributed by atoms with Gasteiger partial charge in [-0.25, -0.2) is 0 Å². The predicted molar refractivity (Wildman–Crippen MR) is 88.2 cm³/mol. The maximum absolute atomic E-state index is 12.1. The fraction of sp³-hybridized carbons (Fsp3) is 0.467. The summed E-state index contributed by atoms with van der Waals surface area (Å²) in [4.78, 5) is 34.7. The van der Waals surface area contributed by atoms with Crippen LogP contribution in [0.1, 0.15) is 13.3 Å². The average Bonchev–Trinajstić information content (AvgIpc) is 2.52. The number of benzene rings is 1. The highest BCUT2D eigenvalue weighted by molar-refractivity contribution is 5.93. The molecule has 0 aromatic heterocycles. The molecule has 0 saturated carbocycles. The highest BCUT2D eigenvalue weighted by Gasteiger charge is 2.17. The smallest absolute Gasteiger partial charge is 0.279 e. The van der Waals surface area contributed by atoms with Gasteiger partial charge < -0.3 is 20.3 Å². The van der Waals surface area contributed by atoms with Crippen LogP contribution in [0.25, 0.3) is 0 Å². The number of likely N-dealkylation sites (N-methyl/N-ethyl adjacent to an activating group) is 1. The van der Waals surface area contributed by atoms with Gasteiger partial charge in [-0.05, 0) is 12.5 Å². The third kappa shape index (κ3) is 6.21. The zero-order chi connectivity index (χ0) is 18.1. The van der Waals surface area contributed by atoms with E-state index in [-0.39, 0.29) is 36.3 Å². The van der Waals surface area contributed by atoms with Crippen LogP contribution in [0, 0.1) is 10.1 Å². The van der Waals surface area contributed by atoms with Crippen LogP contribution in [-0.2, 0) is 9.59 Å². The SMILES string of the molecule is CCCNC(=O)C[NH+](C)CC(=O)Nc1cc([N+](=O)[O-])ccc1OC. The maximum Gasteiger partial charge on any atom is 0.279 e. The van der Waals surface area contributed by atoms with Crippen LogP contribution >= 0.6 is 0 Å². The van der Waals surface area contributed by atoms with Gasteiger partial charge in [0.1, 0.15) is 5.75 Å². The number of nitrogens with zero attached hydrogens (tertiary/aromatic N) is 1. The molecule has 9 nitrogen and oxygen atoms in total. The van der Waals surface area contributed by atoms with Gasteiger partial charge in [0.15, 0.2) is 13.1 Å². The van der Waals surface area contributed by atoms with E-state index in [0.29, 0.717) is 17.2 Å². The number of nitrogens with one attached hydrogen (secondary N) is 3. The number of amides is 2. The van der Waals surface area contributed by atoms with Crippen LogP contribution in [0.4, 0.5) is 11.4 Å². The maximum atomic E-state index is 12.1. The molecule has 9 heteroatoms. The largest absolute Gasteiger partial charge is 0.495 e. The molecule has 1 atom stereocenters. The molecule has 1 unspecified atom stereocenters. The number of hydrogen-bond donors (Lipinski definition) is 3. The molecule has 1 rings (SSSR count). The Bertz CT molecular complexity index is 606. The highest BCUT2D eigenvalue weighted by atomic mass is 16.6. The minimum absolute atomic E-state index is 0.0470. The van der Waals surface area contributed by atoms with E-state index in [0.717, 1.165) is 6.42 Å². The molecule has 0 radical (unpaired) electrons. The average molecular weight is 339 g/mol. The van der Waals surface area contributed by atoms with Crippen LogP contribution in [0.3, 0.4) is 0 Å². The third-order valence-electron chi connectivity index (χ3n) is 3.16. The van der Waals surface area contributed by atoms with Gasteiger partial charge in [-0.2, -0.15) is 0 Å². The van der Waals surface area contributed by atoms with E-state index in [4.69, 9.17) is 4.74 Å². The molecular formula is C15H23N4O5+. The molecule has 3 N–H and O–H groups in total. The Balaban J connectivity index is 2.65. The molecule has 0 spiro atoms. The summed E-state index contributed by atoms with van der Waals surface area (Å²) < 4.78 is 5.09. The lowest BCUT2D eigenvalue weighted by atomic mass is 10.2. The summed E-state index contributed by atoms with van der Waals surface area (Å²) in [7, 11) is 3.13. The predicted octanol–water partition coefficient (Wildman–Crippen LogP) is -0.417. The van der Waals surface area contributed by atoms with Gasteiger partial charge in [0.25, 0.3) is 17.5 Å². The first-order valence-corrected chi connectivity index (χ1v) is 7.57. The topological polar surface area (TPSA) is 115 Å². The standard InChI is InChI=1S/C15H22N4O5/c1-4-7-16-14(20)9-18(2)10-15(21)17-12-8-11(19(22)23)5-6-13(12)24-3/h5-6,8H,4,7,9-10H2,1-3H3,(H,16,20)(H,17,21)/p+1. The van der Waals surface area contributed by atoms with E-state index in [9.17, 15) is 19.7 Å². The second kappa shape index (κ2) is 9.46. The highest BCUT2D eigenvalue weighted by Crippen LogP contribution is 2.28. The molecule has 1 aromatic rings. The summed E-state index contributed by atoms with van der Waals surface area (Å²) in [6, 6.07) is 3.95. The van der Waals surface area contributed by atoms with E-state index >= 15 is 0 Å². The Morgan fingerprint density at radius 2 is 1.96 bits per heavy atom. The summed E-state index contributed by atoms with van der Waals surface area (Å²) >= 11 is 0. The Labute approximate surface area is 140 Å². The van der Waals surface area contributed by atoms with E-state index in [2.05, 4.69) is 10.6 Å². The van der Waals surface area contributed by atoms with Crippen molar-refractivity contribution in [1.29, 1.82) is 0 Å². The molecular weight excluding hydrogens is 316 g/mol. The van der Waals surface area contributed by atoms with Crippen molar-refractivity contribution in [3.05, 3.63) is 28.3 Å². The van der Waals surface area contributed by atoms with Crippen LogP contribution in [0.15, 0.2) is 18.2 Å². The molecule has 132 valence electrons. The van der Waals surface area contributed by atoms with E-state index in [1.807, 2.05) is 6.92 Å². The summed E-state index contributed by atoms with van der Waals surface area (Å²) in [5.41, 5.74) is 0.0747. The lowest BCUT2D eigenvalue weighted by Crippen LogP contribution is -3.11. The molecule has 0 heterocycles.